The van der Waals surface area contributed by atoms with Crippen molar-refractivity contribution in [3.05, 3.63) is 24.6 Å². The van der Waals surface area contributed by atoms with Gasteiger partial charge in [0.1, 0.15) is 5.52 Å². The number of hydrogen-bond donors (Lipinski definition) is 2. The molecule has 1 aromatic carbocycles. The number of oxazole rings is 1. The molecular formula is C13H17N3O2. The molecule has 0 aliphatic heterocycles. The van der Waals surface area contributed by atoms with Crippen LogP contribution in [0, 0.1) is 5.41 Å². The van der Waals surface area contributed by atoms with Gasteiger partial charge in [-0.1, -0.05) is 20.8 Å². The number of nitrogens with zero attached hydrogens (tertiary/aromatic N) is 1. The molecule has 0 atom stereocenters. The fourth-order valence-corrected chi connectivity index (χ4v) is 1.45. The third-order valence-electron chi connectivity index (χ3n) is 2.37. The van der Waals surface area contributed by atoms with Crippen molar-refractivity contribution in [3.8, 4) is 0 Å². The van der Waals surface area contributed by atoms with Crippen molar-refractivity contribution in [3.63, 3.8) is 0 Å². The first-order valence-electron chi connectivity index (χ1n) is 5.82. The minimum absolute atomic E-state index is 0.0617. The summed E-state index contributed by atoms with van der Waals surface area (Å²) in [6.07, 6.45) is 1.38. The predicted octanol–water partition coefficient (Wildman–Crippen LogP) is 3.00. The molecule has 0 saturated heterocycles. The van der Waals surface area contributed by atoms with Gasteiger partial charge in [-0.05, 0) is 17.5 Å². The molecule has 0 fully saturated rings. The molecule has 2 aromatic rings. The number of benzene rings is 1. The maximum Gasteiger partial charge on any atom is 0.319 e. The molecule has 5 heteroatoms. The lowest BCUT2D eigenvalue weighted by molar-refractivity contribution is 0.247. The van der Waals surface area contributed by atoms with E-state index in [4.69, 9.17) is 4.42 Å². The van der Waals surface area contributed by atoms with Crippen LogP contribution in [0.4, 0.5) is 10.5 Å². The highest BCUT2D eigenvalue weighted by molar-refractivity contribution is 5.91. The summed E-state index contributed by atoms with van der Waals surface area (Å²) in [7, 11) is 0. The topological polar surface area (TPSA) is 67.2 Å². The molecule has 0 saturated carbocycles. The number of rotatable bonds is 2. The SMILES string of the molecule is CC(C)(C)CNC(=O)Nc1ccc2ncoc2c1. The third-order valence-corrected chi connectivity index (χ3v) is 2.37. The van der Waals surface area contributed by atoms with Gasteiger partial charge in [0.05, 0.1) is 0 Å². The van der Waals surface area contributed by atoms with Crippen LogP contribution in [-0.4, -0.2) is 17.6 Å². The Morgan fingerprint density at radius 1 is 1.39 bits per heavy atom. The number of fused-ring (bicyclic) bond motifs is 1. The summed E-state index contributed by atoms with van der Waals surface area (Å²) in [4.78, 5) is 15.7. The van der Waals surface area contributed by atoms with Crippen LogP contribution in [0.25, 0.3) is 11.1 Å². The van der Waals surface area contributed by atoms with Crippen molar-refractivity contribution in [2.45, 2.75) is 20.8 Å². The van der Waals surface area contributed by atoms with Gasteiger partial charge in [0.25, 0.3) is 0 Å². The molecule has 0 aliphatic rings. The summed E-state index contributed by atoms with van der Waals surface area (Å²) in [6, 6.07) is 5.13. The van der Waals surface area contributed by atoms with Crippen LogP contribution in [0.15, 0.2) is 29.0 Å². The van der Waals surface area contributed by atoms with Crippen LogP contribution in [0.1, 0.15) is 20.8 Å². The van der Waals surface area contributed by atoms with Crippen LogP contribution in [0.2, 0.25) is 0 Å². The van der Waals surface area contributed by atoms with E-state index in [1.54, 1.807) is 18.2 Å². The second-order valence-corrected chi connectivity index (χ2v) is 5.40. The highest BCUT2D eigenvalue weighted by Crippen LogP contribution is 2.17. The quantitative estimate of drug-likeness (QED) is 0.857. The van der Waals surface area contributed by atoms with Crippen molar-refractivity contribution < 1.29 is 9.21 Å². The Labute approximate surface area is 106 Å². The Kier molecular flexibility index (Phi) is 3.23. The Balaban J connectivity index is 1.98. The molecule has 0 aliphatic carbocycles. The molecular weight excluding hydrogens is 230 g/mol. The van der Waals surface area contributed by atoms with Gasteiger partial charge in [-0.15, -0.1) is 0 Å². The second kappa shape index (κ2) is 4.68. The van der Waals surface area contributed by atoms with E-state index >= 15 is 0 Å². The van der Waals surface area contributed by atoms with Crippen molar-refractivity contribution in [1.29, 1.82) is 0 Å². The molecule has 2 amide bonds. The first-order chi connectivity index (χ1) is 8.44. The molecule has 2 rings (SSSR count). The molecule has 0 unspecified atom stereocenters. The van der Waals surface area contributed by atoms with Gasteiger partial charge in [-0.3, -0.25) is 0 Å². The minimum atomic E-state index is -0.219. The van der Waals surface area contributed by atoms with Gasteiger partial charge in [0.2, 0.25) is 0 Å². The largest absolute Gasteiger partial charge is 0.443 e. The fourth-order valence-electron chi connectivity index (χ4n) is 1.45. The first kappa shape index (κ1) is 12.4. The smallest absolute Gasteiger partial charge is 0.319 e. The molecule has 0 radical (unpaired) electrons. The van der Waals surface area contributed by atoms with E-state index in [9.17, 15) is 4.79 Å². The zero-order chi connectivity index (χ0) is 13.2. The molecule has 96 valence electrons. The van der Waals surface area contributed by atoms with E-state index in [2.05, 4.69) is 36.4 Å². The van der Waals surface area contributed by atoms with E-state index in [1.807, 2.05) is 0 Å². The van der Waals surface area contributed by atoms with Crippen molar-refractivity contribution in [2.24, 2.45) is 5.41 Å². The standard InChI is InChI=1S/C13H17N3O2/c1-13(2,3)7-14-12(17)16-9-4-5-10-11(6-9)18-8-15-10/h4-6,8H,7H2,1-3H3,(H2,14,16,17). The summed E-state index contributed by atoms with van der Waals surface area (Å²) < 4.78 is 5.17. The van der Waals surface area contributed by atoms with Gasteiger partial charge in [0, 0.05) is 18.3 Å². The van der Waals surface area contributed by atoms with E-state index in [0.717, 1.165) is 5.52 Å². The number of anilines is 1. The van der Waals surface area contributed by atoms with Crippen molar-refractivity contribution >= 4 is 22.8 Å². The molecule has 1 heterocycles. The molecule has 5 nitrogen and oxygen atoms in total. The summed E-state index contributed by atoms with van der Waals surface area (Å²) in [5, 5.41) is 5.58. The molecule has 0 bridgehead atoms. The van der Waals surface area contributed by atoms with Crippen molar-refractivity contribution in [2.75, 3.05) is 11.9 Å². The summed E-state index contributed by atoms with van der Waals surface area (Å²) in [6.45, 7) is 6.80. The van der Waals surface area contributed by atoms with Crippen LogP contribution in [-0.2, 0) is 0 Å². The van der Waals surface area contributed by atoms with Gasteiger partial charge in [0.15, 0.2) is 12.0 Å². The number of nitrogens with one attached hydrogen (secondary N) is 2. The van der Waals surface area contributed by atoms with Gasteiger partial charge < -0.3 is 15.1 Å². The Morgan fingerprint density at radius 3 is 2.89 bits per heavy atom. The third kappa shape index (κ3) is 3.23. The predicted molar refractivity (Wildman–Crippen MR) is 70.5 cm³/mol. The van der Waals surface area contributed by atoms with Crippen LogP contribution < -0.4 is 10.6 Å². The first-order valence-corrected chi connectivity index (χ1v) is 5.82. The van der Waals surface area contributed by atoms with E-state index in [1.165, 1.54) is 6.39 Å². The summed E-state index contributed by atoms with van der Waals surface area (Å²) in [5.74, 6) is 0. The number of hydrogen-bond acceptors (Lipinski definition) is 3. The van der Waals surface area contributed by atoms with Crippen LogP contribution >= 0.6 is 0 Å². The lowest BCUT2D eigenvalue weighted by Crippen LogP contribution is -2.35. The average molecular weight is 247 g/mol. The number of amides is 2. The monoisotopic (exact) mass is 247 g/mol. The highest BCUT2D eigenvalue weighted by Gasteiger charge is 2.12. The fraction of sp³-hybridized carbons (Fsp3) is 0.385. The molecule has 1 aromatic heterocycles. The number of aromatic nitrogens is 1. The number of carbonyl (C=O) groups excluding carboxylic acids is 1. The van der Waals surface area contributed by atoms with E-state index in [-0.39, 0.29) is 11.4 Å². The molecule has 0 spiro atoms. The average Bonchev–Trinajstić information content (AvgIpc) is 2.72. The van der Waals surface area contributed by atoms with Gasteiger partial charge >= 0.3 is 6.03 Å². The van der Waals surface area contributed by atoms with Gasteiger partial charge in [-0.2, -0.15) is 0 Å². The Hall–Kier alpha value is -2.04. The maximum absolute atomic E-state index is 11.7. The van der Waals surface area contributed by atoms with Crippen molar-refractivity contribution in [1.82, 2.24) is 10.3 Å². The Bertz CT molecular complexity index is 555. The van der Waals surface area contributed by atoms with E-state index < -0.39 is 0 Å². The lowest BCUT2D eigenvalue weighted by atomic mass is 9.97. The zero-order valence-electron chi connectivity index (χ0n) is 10.8. The Morgan fingerprint density at radius 2 is 2.17 bits per heavy atom. The second-order valence-electron chi connectivity index (χ2n) is 5.40. The summed E-state index contributed by atoms with van der Waals surface area (Å²) >= 11 is 0. The normalized spacial score (nSPS) is 11.5. The molecule has 2 N–H and O–H groups in total. The number of urea groups is 1. The van der Waals surface area contributed by atoms with Crippen LogP contribution in [0.5, 0.6) is 0 Å². The minimum Gasteiger partial charge on any atom is -0.443 e. The zero-order valence-corrected chi connectivity index (χ0v) is 10.8. The van der Waals surface area contributed by atoms with Crippen LogP contribution in [0.3, 0.4) is 0 Å². The lowest BCUT2D eigenvalue weighted by Gasteiger charge is -2.18. The highest BCUT2D eigenvalue weighted by atomic mass is 16.3. The van der Waals surface area contributed by atoms with Gasteiger partial charge in [-0.25, -0.2) is 9.78 Å². The maximum atomic E-state index is 11.7. The van der Waals surface area contributed by atoms with E-state index in [0.29, 0.717) is 17.8 Å². The summed E-state index contributed by atoms with van der Waals surface area (Å²) in [5.41, 5.74) is 2.18. The molecule has 18 heavy (non-hydrogen) atoms. The number of carbonyl (C=O) groups is 1.